The van der Waals surface area contributed by atoms with Crippen LogP contribution in [0.25, 0.3) is 0 Å². The van der Waals surface area contributed by atoms with Gasteiger partial charge in [-0.1, -0.05) is 28.8 Å². The topological polar surface area (TPSA) is 57.8 Å². The number of aromatic nitrogens is 2. The Labute approximate surface area is 110 Å². The summed E-state index contributed by atoms with van der Waals surface area (Å²) in [6, 6.07) is 0. The van der Waals surface area contributed by atoms with E-state index in [9.17, 15) is 4.79 Å². The first-order valence-corrected chi connectivity index (χ1v) is 7.02. The molecular weight excluding hydrogens is 282 g/mol. The van der Waals surface area contributed by atoms with Crippen LogP contribution in [0.2, 0.25) is 0 Å². The van der Waals surface area contributed by atoms with Crippen LogP contribution in [0.1, 0.15) is 41.7 Å². The van der Waals surface area contributed by atoms with Gasteiger partial charge in [0.15, 0.2) is 0 Å². The Hall–Kier alpha value is -0.840. The standard InChI is InChI=1S/C12H18BrN3O/c1-8-10(7-15-16-8)12(17)14-6-9-4-2-3-5-11(9)13/h7,9,11H,2-6H2,1H3,(H,14,17)(H,15,16). The predicted molar refractivity (Wildman–Crippen MR) is 70.3 cm³/mol. The van der Waals surface area contributed by atoms with Crippen LogP contribution < -0.4 is 5.32 Å². The summed E-state index contributed by atoms with van der Waals surface area (Å²) in [5.74, 6) is 0.529. The molecule has 0 radical (unpaired) electrons. The van der Waals surface area contributed by atoms with Crippen molar-refractivity contribution in [3.63, 3.8) is 0 Å². The average molecular weight is 300 g/mol. The molecule has 4 nitrogen and oxygen atoms in total. The Kier molecular flexibility index (Phi) is 4.20. The number of nitrogens with zero attached hydrogens (tertiary/aromatic N) is 1. The Morgan fingerprint density at radius 1 is 1.59 bits per heavy atom. The van der Waals surface area contributed by atoms with Crippen LogP contribution in [0.15, 0.2) is 6.20 Å². The second-order valence-electron chi connectivity index (χ2n) is 4.68. The van der Waals surface area contributed by atoms with E-state index in [4.69, 9.17) is 0 Å². The molecule has 0 spiro atoms. The second-order valence-corrected chi connectivity index (χ2v) is 5.86. The molecule has 1 aliphatic rings. The normalized spacial score (nSPS) is 24.6. The van der Waals surface area contributed by atoms with E-state index in [1.165, 1.54) is 25.7 Å². The largest absolute Gasteiger partial charge is 0.352 e. The number of aryl methyl sites for hydroxylation is 1. The Balaban J connectivity index is 1.86. The Bertz CT molecular complexity index is 391. The number of carbonyl (C=O) groups is 1. The maximum Gasteiger partial charge on any atom is 0.254 e. The van der Waals surface area contributed by atoms with Gasteiger partial charge in [0.1, 0.15) is 0 Å². The van der Waals surface area contributed by atoms with E-state index in [1.54, 1.807) is 6.20 Å². The first-order valence-electron chi connectivity index (χ1n) is 6.10. The van der Waals surface area contributed by atoms with Crippen LogP contribution in [0.4, 0.5) is 0 Å². The number of halogens is 1. The summed E-state index contributed by atoms with van der Waals surface area (Å²) in [5.41, 5.74) is 1.47. The fourth-order valence-corrected chi connectivity index (χ4v) is 3.07. The molecule has 1 aromatic heterocycles. The third-order valence-electron chi connectivity index (χ3n) is 3.42. The van der Waals surface area contributed by atoms with Crippen molar-refractivity contribution >= 4 is 21.8 Å². The molecule has 94 valence electrons. The highest BCUT2D eigenvalue weighted by atomic mass is 79.9. The minimum absolute atomic E-state index is 0.0264. The van der Waals surface area contributed by atoms with E-state index in [1.807, 2.05) is 6.92 Å². The molecule has 0 aromatic carbocycles. The number of hydrogen-bond donors (Lipinski definition) is 2. The molecule has 1 fully saturated rings. The van der Waals surface area contributed by atoms with Gasteiger partial charge in [-0.2, -0.15) is 5.10 Å². The molecular formula is C12H18BrN3O. The van der Waals surface area contributed by atoms with Gasteiger partial charge in [-0.05, 0) is 25.7 Å². The van der Waals surface area contributed by atoms with Crippen LogP contribution >= 0.6 is 15.9 Å². The molecule has 1 aliphatic carbocycles. The van der Waals surface area contributed by atoms with Gasteiger partial charge >= 0.3 is 0 Å². The van der Waals surface area contributed by atoms with Crippen LogP contribution in [0, 0.1) is 12.8 Å². The van der Waals surface area contributed by atoms with Crippen LogP contribution in [0.3, 0.4) is 0 Å². The van der Waals surface area contributed by atoms with E-state index >= 15 is 0 Å². The van der Waals surface area contributed by atoms with Crippen LogP contribution in [0.5, 0.6) is 0 Å². The highest BCUT2D eigenvalue weighted by Gasteiger charge is 2.23. The van der Waals surface area contributed by atoms with Crippen LogP contribution in [-0.4, -0.2) is 27.5 Å². The number of aromatic amines is 1. The van der Waals surface area contributed by atoms with Gasteiger partial charge in [-0.15, -0.1) is 0 Å². The van der Waals surface area contributed by atoms with Crippen molar-refractivity contribution in [2.75, 3.05) is 6.54 Å². The van der Waals surface area contributed by atoms with Gasteiger partial charge in [-0.25, -0.2) is 0 Å². The molecule has 2 N–H and O–H groups in total. The van der Waals surface area contributed by atoms with Crippen molar-refractivity contribution in [3.05, 3.63) is 17.5 Å². The first-order chi connectivity index (χ1) is 8.18. The highest BCUT2D eigenvalue weighted by Crippen LogP contribution is 2.29. The molecule has 1 aromatic rings. The fourth-order valence-electron chi connectivity index (χ4n) is 2.29. The molecule has 2 rings (SSSR count). The zero-order valence-electron chi connectivity index (χ0n) is 10.0. The number of rotatable bonds is 3. The monoisotopic (exact) mass is 299 g/mol. The molecule has 5 heteroatoms. The molecule has 1 saturated carbocycles. The number of nitrogens with one attached hydrogen (secondary N) is 2. The van der Waals surface area contributed by atoms with Crippen molar-refractivity contribution in [2.24, 2.45) is 5.92 Å². The van der Waals surface area contributed by atoms with Gasteiger partial charge < -0.3 is 5.32 Å². The predicted octanol–water partition coefficient (Wildman–Crippen LogP) is 2.40. The molecule has 0 saturated heterocycles. The maximum atomic E-state index is 11.9. The number of amides is 1. The van der Waals surface area contributed by atoms with Gasteiger partial charge in [-0.3, -0.25) is 9.89 Å². The number of carbonyl (C=O) groups excluding carboxylic acids is 1. The average Bonchev–Trinajstić information content (AvgIpc) is 2.74. The summed E-state index contributed by atoms with van der Waals surface area (Å²) in [6.07, 6.45) is 6.55. The molecule has 2 unspecified atom stereocenters. The van der Waals surface area contributed by atoms with E-state index in [-0.39, 0.29) is 5.91 Å². The van der Waals surface area contributed by atoms with Gasteiger partial charge in [0, 0.05) is 17.1 Å². The minimum Gasteiger partial charge on any atom is -0.352 e. The van der Waals surface area contributed by atoms with E-state index < -0.39 is 0 Å². The van der Waals surface area contributed by atoms with Crippen molar-refractivity contribution in [3.8, 4) is 0 Å². The molecule has 2 atom stereocenters. The second kappa shape index (κ2) is 5.67. The highest BCUT2D eigenvalue weighted by molar-refractivity contribution is 9.09. The van der Waals surface area contributed by atoms with E-state index in [0.717, 1.165) is 12.2 Å². The third kappa shape index (κ3) is 3.09. The Morgan fingerprint density at radius 2 is 2.35 bits per heavy atom. The minimum atomic E-state index is -0.0264. The first kappa shape index (κ1) is 12.6. The number of alkyl halides is 1. The zero-order valence-corrected chi connectivity index (χ0v) is 11.6. The zero-order chi connectivity index (χ0) is 12.3. The van der Waals surface area contributed by atoms with E-state index in [0.29, 0.717) is 16.3 Å². The lowest BCUT2D eigenvalue weighted by Gasteiger charge is -2.27. The summed E-state index contributed by atoms with van der Waals surface area (Å²) in [7, 11) is 0. The molecule has 0 aliphatic heterocycles. The van der Waals surface area contributed by atoms with Crippen LogP contribution in [-0.2, 0) is 0 Å². The summed E-state index contributed by atoms with van der Waals surface area (Å²) in [6.45, 7) is 2.61. The summed E-state index contributed by atoms with van der Waals surface area (Å²) < 4.78 is 0. The van der Waals surface area contributed by atoms with Gasteiger partial charge in [0.25, 0.3) is 5.91 Å². The summed E-state index contributed by atoms with van der Waals surface area (Å²) >= 11 is 3.70. The molecule has 0 bridgehead atoms. The molecule has 1 heterocycles. The van der Waals surface area contributed by atoms with Crippen molar-refractivity contribution < 1.29 is 4.79 Å². The molecule has 1 amide bonds. The maximum absolute atomic E-state index is 11.9. The summed E-state index contributed by atoms with van der Waals surface area (Å²) in [4.78, 5) is 12.4. The van der Waals surface area contributed by atoms with E-state index in [2.05, 4.69) is 31.4 Å². The fraction of sp³-hybridized carbons (Fsp3) is 0.667. The lowest BCUT2D eigenvalue weighted by Crippen LogP contribution is -2.34. The number of H-pyrrole nitrogens is 1. The van der Waals surface area contributed by atoms with Gasteiger partial charge in [0.05, 0.1) is 11.8 Å². The quantitative estimate of drug-likeness (QED) is 0.842. The Morgan fingerprint density at radius 3 is 3.00 bits per heavy atom. The summed E-state index contributed by atoms with van der Waals surface area (Å²) in [5, 5.41) is 9.63. The van der Waals surface area contributed by atoms with Crippen molar-refractivity contribution in [2.45, 2.75) is 37.4 Å². The van der Waals surface area contributed by atoms with Crippen molar-refractivity contribution in [1.29, 1.82) is 0 Å². The number of hydrogen-bond acceptors (Lipinski definition) is 2. The van der Waals surface area contributed by atoms with Gasteiger partial charge in [0.2, 0.25) is 0 Å². The third-order valence-corrected chi connectivity index (χ3v) is 4.62. The smallest absolute Gasteiger partial charge is 0.254 e. The lowest BCUT2D eigenvalue weighted by atomic mass is 9.89. The lowest BCUT2D eigenvalue weighted by molar-refractivity contribution is 0.0944. The SMILES string of the molecule is Cc1[nH]ncc1C(=O)NCC1CCCCC1Br. The van der Waals surface area contributed by atoms with Crippen molar-refractivity contribution in [1.82, 2.24) is 15.5 Å². The molecule has 17 heavy (non-hydrogen) atoms.